The van der Waals surface area contributed by atoms with E-state index < -0.39 is 10.0 Å². The minimum atomic E-state index is -3.15. The third-order valence-electron chi connectivity index (χ3n) is 1.25. The zero-order valence-electron chi connectivity index (χ0n) is 6.07. The summed E-state index contributed by atoms with van der Waals surface area (Å²) in [5.41, 5.74) is 0.652. The summed E-state index contributed by atoms with van der Waals surface area (Å²) in [7, 11) is -1.77. The van der Waals surface area contributed by atoms with Crippen LogP contribution in [0.15, 0.2) is 23.0 Å². The molecule has 0 amide bonds. The molecule has 0 saturated heterocycles. The summed E-state index contributed by atoms with van der Waals surface area (Å²) in [6.07, 6.45) is 2.86. The first-order valence-electron chi connectivity index (χ1n) is 3.06. The Hall–Kier alpha value is -0.810. The minimum absolute atomic E-state index is 0.0278. The van der Waals surface area contributed by atoms with Crippen LogP contribution >= 0.6 is 0 Å². The van der Waals surface area contributed by atoms with Gasteiger partial charge in [-0.15, -0.1) is 0 Å². The predicted molar refractivity (Wildman–Crippen MR) is 40.4 cm³/mol. The van der Waals surface area contributed by atoms with Crippen molar-refractivity contribution >= 4 is 10.0 Å². The molecule has 5 heteroatoms. The molecule has 0 saturated carbocycles. The van der Waals surface area contributed by atoms with Crippen molar-refractivity contribution in [1.29, 1.82) is 0 Å². The largest absolute Gasteiger partial charge is 0.472 e. The summed E-state index contributed by atoms with van der Waals surface area (Å²) in [5, 5.41) is 0. The second-order valence-electron chi connectivity index (χ2n) is 2.09. The van der Waals surface area contributed by atoms with Gasteiger partial charge >= 0.3 is 0 Å². The highest BCUT2D eigenvalue weighted by Crippen LogP contribution is 2.03. The Morgan fingerprint density at radius 3 is 2.82 bits per heavy atom. The highest BCUT2D eigenvalue weighted by Gasteiger charge is 2.08. The van der Waals surface area contributed by atoms with Crippen molar-refractivity contribution in [2.45, 2.75) is 5.75 Å². The van der Waals surface area contributed by atoms with Crippen LogP contribution in [0, 0.1) is 0 Å². The van der Waals surface area contributed by atoms with Gasteiger partial charge in [0.15, 0.2) is 0 Å². The summed E-state index contributed by atoms with van der Waals surface area (Å²) in [5.74, 6) is -0.0278. The second kappa shape index (κ2) is 3.06. The fourth-order valence-electron chi connectivity index (χ4n) is 0.666. The van der Waals surface area contributed by atoms with E-state index in [0.717, 1.165) is 0 Å². The topological polar surface area (TPSA) is 59.3 Å². The Kier molecular flexibility index (Phi) is 2.31. The van der Waals surface area contributed by atoms with Gasteiger partial charge in [-0.2, -0.15) is 0 Å². The summed E-state index contributed by atoms with van der Waals surface area (Å²) >= 11 is 0. The van der Waals surface area contributed by atoms with Gasteiger partial charge in [-0.3, -0.25) is 0 Å². The summed E-state index contributed by atoms with van der Waals surface area (Å²) in [6.45, 7) is 0. The normalized spacial score (nSPS) is 11.7. The summed E-state index contributed by atoms with van der Waals surface area (Å²) in [4.78, 5) is 0. The van der Waals surface area contributed by atoms with Crippen molar-refractivity contribution in [1.82, 2.24) is 4.72 Å². The molecule has 1 N–H and O–H groups in total. The number of hydrogen-bond acceptors (Lipinski definition) is 3. The molecular formula is C6H9NO3S. The molecular weight excluding hydrogens is 166 g/mol. The molecule has 0 aliphatic carbocycles. The van der Waals surface area contributed by atoms with Gasteiger partial charge in [-0.05, 0) is 13.1 Å². The third kappa shape index (κ3) is 2.36. The Labute approximate surface area is 65.3 Å². The van der Waals surface area contributed by atoms with Crippen molar-refractivity contribution in [2.24, 2.45) is 0 Å². The van der Waals surface area contributed by atoms with Gasteiger partial charge in [0.1, 0.15) is 0 Å². The first kappa shape index (κ1) is 8.29. The molecule has 0 radical (unpaired) electrons. The average molecular weight is 175 g/mol. The fraction of sp³-hybridized carbons (Fsp3) is 0.333. The van der Waals surface area contributed by atoms with Gasteiger partial charge in [0.05, 0.1) is 18.3 Å². The molecule has 11 heavy (non-hydrogen) atoms. The van der Waals surface area contributed by atoms with Crippen LogP contribution in [0.4, 0.5) is 0 Å². The average Bonchev–Trinajstić information content (AvgIpc) is 2.39. The monoisotopic (exact) mass is 175 g/mol. The van der Waals surface area contributed by atoms with E-state index in [0.29, 0.717) is 5.56 Å². The van der Waals surface area contributed by atoms with Crippen LogP contribution in [0.3, 0.4) is 0 Å². The van der Waals surface area contributed by atoms with Gasteiger partial charge in [0.25, 0.3) is 0 Å². The van der Waals surface area contributed by atoms with Crippen molar-refractivity contribution < 1.29 is 12.8 Å². The zero-order chi connectivity index (χ0) is 8.32. The number of furan rings is 1. The fourth-order valence-corrected chi connectivity index (χ4v) is 1.41. The lowest BCUT2D eigenvalue weighted by Crippen LogP contribution is -2.19. The lowest BCUT2D eigenvalue weighted by atomic mass is 10.4. The van der Waals surface area contributed by atoms with Crippen LogP contribution in [-0.4, -0.2) is 15.5 Å². The highest BCUT2D eigenvalue weighted by molar-refractivity contribution is 7.88. The van der Waals surface area contributed by atoms with Gasteiger partial charge in [0.2, 0.25) is 10.0 Å². The molecule has 0 aromatic carbocycles. The molecule has 0 unspecified atom stereocenters. The van der Waals surface area contributed by atoms with Gasteiger partial charge < -0.3 is 4.42 Å². The highest BCUT2D eigenvalue weighted by atomic mass is 32.2. The molecule has 0 atom stereocenters. The van der Waals surface area contributed by atoms with Gasteiger partial charge in [0, 0.05) is 5.56 Å². The molecule has 0 aliphatic rings. The Morgan fingerprint density at radius 1 is 1.64 bits per heavy atom. The molecule has 1 aromatic heterocycles. The van der Waals surface area contributed by atoms with Crippen LogP contribution in [0.2, 0.25) is 0 Å². The van der Waals surface area contributed by atoms with E-state index >= 15 is 0 Å². The zero-order valence-corrected chi connectivity index (χ0v) is 6.89. The molecule has 0 aliphatic heterocycles. The van der Waals surface area contributed by atoms with Crippen molar-refractivity contribution in [3.8, 4) is 0 Å². The van der Waals surface area contributed by atoms with Crippen LogP contribution in [-0.2, 0) is 15.8 Å². The number of hydrogen-bond donors (Lipinski definition) is 1. The van der Waals surface area contributed by atoms with Crippen molar-refractivity contribution in [2.75, 3.05) is 7.05 Å². The molecule has 0 fully saturated rings. The quantitative estimate of drug-likeness (QED) is 0.720. The number of sulfonamides is 1. The van der Waals surface area contributed by atoms with Crippen LogP contribution < -0.4 is 4.72 Å². The SMILES string of the molecule is CNS(=O)(=O)Cc1ccoc1. The maximum Gasteiger partial charge on any atom is 0.215 e. The summed E-state index contributed by atoms with van der Waals surface area (Å²) < 4.78 is 28.8. The Balaban J connectivity index is 2.72. The number of nitrogens with one attached hydrogen (secondary N) is 1. The molecule has 62 valence electrons. The lowest BCUT2D eigenvalue weighted by molar-refractivity contribution is 0.563. The maximum absolute atomic E-state index is 10.9. The lowest BCUT2D eigenvalue weighted by Gasteiger charge is -1.97. The van der Waals surface area contributed by atoms with E-state index in [-0.39, 0.29) is 5.75 Å². The Bertz CT molecular complexity index is 301. The standard InChI is InChI=1S/C6H9NO3S/c1-7-11(8,9)5-6-2-3-10-4-6/h2-4,7H,5H2,1H3. The van der Waals surface area contributed by atoms with E-state index in [2.05, 4.69) is 4.72 Å². The molecule has 4 nitrogen and oxygen atoms in total. The summed E-state index contributed by atoms with van der Waals surface area (Å²) in [6, 6.07) is 1.62. The van der Waals surface area contributed by atoms with E-state index in [4.69, 9.17) is 4.42 Å². The first-order valence-corrected chi connectivity index (χ1v) is 4.71. The van der Waals surface area contributed by atoms with Crippen molar-refractivity contribution in [3.05, 3.63) is 24.2 Å². The van der Waals surface area contributed by atoms with Crippen LogP contribution in [0.1, 0.15) is 5.56 Å². The minimum Gasteiger partial charge on any atom is -0.472 e. The van der Waals surface area contributed by atoms with E-state index in [1.165, 1.54) is 19.6 Å². The molecule has 1 rings (SSSR count). The maximum atomic E-state index is 10.9. The molecule has 0 bridgehead atoms. The third-order valence-corrected chi connectivity index (χ3v) is 2.58. The number of rotatable bonds is 3. The molecule has 1 heterocycles. The van der Waals surface area contributed by atoms with E-state index in [1.807, 2.05) is 0 Å². The molecule has 0 spiro atoms. The van der Waals surface area contributed by atoms with Crippen molar-refractivity contribution in [3.63, 3.8) is 0 Å². The van der Waals surface area contributed by atoms with Crippen LogP contribution in [0.25, 0.3) is 0 Å². The van der Waals surface area contributed by atoms with Gasteiger partial charge in [-0.25, -0.2) is 13.1 Å². The van der Waals surface area contributed by atoms with Crippen LogP contribution in [0.5, 0.6) is 0 Å². The predicted octanol–water partition coefficient (Wildman–Crippen LogP) is 0.329. The first-order chi connectivity index (χ1) is 5.14. The second-order valence-corrected chi connectivity index (χ2v) is 4.02. The smallest absolute Gasteiger partial charge is 0.215 e. The van der Waals surface area contributed by atoms with Gasteiger partial charge in [-0.1, -0.05) is 0 Å². The van der Waals surface area contributed by atoms with E-state index in [1.54, 1.807) is 6.07 Å². The van der Waals surface area contributed by atoms with E-state index in [9.17, 15) is 8.42 Å². The molecule has 1 aromatic rings. The Morgan fingerprint density at radius 2 is 2.36 bits per heavy atom.